The summed E-state index contributed by atoms with van der Waals surface area (Å²) in [6.07, 6.45) is 0.505. The van der Waals surface area contributed by atoms with E-state index in [0.717, 1.165) is 28.1 Å². The van der Waals surface area contributed by atoms with Crippen LogP contribution in [-0.2, 0) is 11.2 Å². The number of fused-ring (bicyclic) bond motifs is 1. The fourth-order valence-electron chi connectivity index (χ4n) is 3.65. The molecule has 0 aromatic heterocycles. The van der Waals surface area contributed by atoms with Gasteiger partial charge < -0.3 is 5.32 Å². The minimum absolute atomic E-state index is 0.160. The van der Waals surface area contributed by atoms with Gasteiger partial charge in [-0.3, -0.25) is 14.5 Å². The second kappa shape index (κ2) is 7.31. The monoisotopic (exact) mass is 370 g/mol. The van der Waals surface area contributed by atoms with Gasteiger partial charge in [-0.15, -0.1) is 0 Å². The van der Waals surface area contributed by atoms with E-state index in [-0.39, 0.29) is 11.8 Å². The molecule has 0 saturated heterocycles. The van der Waals surface area contributed by atoms with E-state index in [1.165, 1.54) is 0 Å². The molecule has 140 valence electrons. The van der Waals surface area contributed by atoms with Crippen LogP contribution in [0.3, 0.4) is 0 Å². The van der Waals surface area contributed by atoms with Gasteiger partial charge in [-0.2, -0.15) is 0 Å². The van der Waals surface area contributed by atoms with Gasteiger partial charge in [0.1, 0.15) is 6.04 Å². The van der Waals surface area contributed by atoms with E-state index in [1.54, 1.807) is 17.0 Å². The maximum atomic E-state index is 13.2. The maximum absolute atomic E-state index is 13.2. The Morgan fingerprint density at radius 3 is 2.43 bits per heavy atom. The number of nitrogens with one attached hydrogen (secondary N) is 1. The number of para-hydroxylation sites is 1. The van der Waals surface area contributed by atoms with E-state index in [9.17, 15) is 9.59 Å². The van der Waals surface area contributed by atoms with Gasteiger partial charge >= 0.3 is 0 Å². The normalized spacial score (nSPS) is 15.2. The largest absolute Gasteiger partial charge is 0.324 e. The highest BCUT2D eigenvalue weighted by Gasteiger charge is 2.38. The van der Waals surface area contributed by atoms with Gasteiger partial charge in [0.25, 0.3) is 5.91 Å². The van der Waals surface area contributed by atoms with Crippen molar-refractivity contribution in [1.29, 1.82) is 0 Å². The van der Waals surface area contributed by atoms with Crippen LogP contribution < -0.4 is 10.2 Å². The van der Waals surface area contributed by atoms with Crippen LogP contribution in [0.5, 0.6) is 0 Å². The van der Waals surface area contributed by atoms with Crippen LogP contribution in [0.4, 0.5) is 11.4 Å². The maximum Gasteiger partial charge on any atom is 0.259 e. The van der Waals surface area contributed by atoms with Crippen LogP contribution in [0, 0.1) is 13.8 Å². The van der Waals surface area contributed by atoms with Gasteiger partial charge in [0.2, 0.25) is 5.91 Å². The molecule has 1 unspecified atom stereocenters. The fourth-order valence-corrected chi connectivity index (χ4v) is 3.65. The molecule has 0 aliphatic carbocycles. The van der Waals surface area contributed by atoms with Gasteiger partial charge in [0, 0.05) is 23.4 Å². The number of hydrogen-bond donors (Lipinski definition) is 1. The molecule has 0 radical (unpaired) electrons. The summed E-state index contributed by atoms with van der Waals surface area (Å²) < 4.78 is 0. The minimum atomic E-state index is -0.579. The lowest BCUT2D eigenvalue weighted by Crippen LogP contribution is -2.45. The number of anilines is 2. The zero-order chi connectivity index (χ0) is 19.7. The Bertz CT molecular complexity index is 1040. The molecule has 4 rings (SSSR count). The van der Waals surface area contributed by atoms with Crippen LogP contribution in [0.2, 0.25) is 0 Å². The predicted octanol–water partition coefficient (Wildman–Crippen LogP) is 4.51. The molecule has 1 aliphatic heterocycles. The fraction of sp³-hybridized carbons (Fsp3) is 0.167. The lowest BCUT2D eigenvalue weighted by atomic mass is 10.1. The molecule has 1 aliphatic rings. The Kier molecular flexibility index (Phi) is 4.70. The average Bonchev–Trinajstić information content (AvgIpc) is 3.10. The van der Waals surface area contributed by atoms with E-state index >= 15 is 0 Å². The third-order valence-corrected chi connectivity index (χ3v) is 5.17. The summed E-state index contributed by atoms with van der Waals surface area (Å²) in [6.45, 7) is 3.96. The van der Waals surface area contributed by atoms with Crippen LogP contribution in [0.1, 0.15) is 27.0 Å². The van der Waals surface area contributed by atoms with E-state index in [2.05, 4.69) is 5.32 Å². The van der Waals surface area contributed by atoms with Crippen molar-refractivity contribution in [2.75, 3.05) is 10.2 Å². The lowest BCUT2D eigenvalue weighted by Gasteiger charge is -2.25. The third kappa shape index (κ3) is 3.29. The molecular formula is C24H22N2O2. The summed E-state index contributed by atoms with van der Waals surface area (Å²) in [4.78, 5) is 28.1. The Hall–Kier alpha value is -3.40. The molecule has 0 bridgehead atoms. The smallest absolute Gasteiger partial charge is 0.259 e. The van der Waals surface area contributed by atoms with Gasteiger partial charge in [-0.25, -0.2) is 0 Å². The first-order valence-corrected chi connectivity index (χ1v) is 9.39. The quantitative estimate of drug-likeness (QED) is 0.737. The Labute approximate surface area is 164 Å². The first-order valence-electron chi connectivity index (χ1n) is 9.39. The van der Waals surface area contributed by atoms with Crippen molar-refractivity contribution in [2.45, 2.75) is 26.3 Å². The Balaban J connectivity index is 1.68. The van der Waals surface area contributed by atoms with Crippen LogP contribution >= 0.6 is 0 Å². The van der Waals surface area contributed by atoms with Crippen molar-refractivity contribution in [3.05, 3.63) is 95.1 Å². The average molecular weight is 370 g/mol. The number of amides is 2. The van der Waals surface area contributed by atoms with Crippen LogP contribution in [-0.4, -0.2) is 17.9 Å². The third-order valence-electron chi connectivity index (χ3n) is 5.17. The van der Waals surface area contributed by atoms with E-state index in [4.69, 9.17) is 0 Å². The highest BCUT2D eigenvalue weighted by atomic mass is 16.2. The van der Waals surface area contributed by atoms with Crippen molar-refractivity contribution < 1.29 is 9.59 Å². The molecule has 2 amide bonds. The number of benzene rings is 3. The topological polar surface area (TPSA) is 49.4 Å². The molecule has 3 aromatic carbocycles. The lowest BCUT2D eigenvalue weighted by molar-refractivity contribution is -0.117. The zero-order valence-corrected chi connectivity index (χ0v) is 16.0. The molecule has 3 aromatic rings. The van der Waals surface area contributed by atoms with Gasteiger partial charge in [0.05, 0.1) is 0 Å². The summed E-state index contributed by atoms with van der Waals surface area (Å²) >= 11 is 0. The second-order valence-corrected chi connectivity index (χ2v) is 7.20. The first-order chi connectivity index (χ1) is 13.5. The van der Waals surface area contributed by atoms with E-state index in [0.29, 0.717) is 12.0 Å². The zero-order valence-electron chi connectivity index (χ0n) is 16.0. The number of carbonyl (C=O) groups excluding carboxylic acids is 2. The van der Waals surface area contributed by atoms with Crippen molar-refractivity contribution >= 4 is 23.2 Å². The standard InChI is InChI=1S/C24H22N2O2/c1-16-12-13-17(2)20(14-16)25-23(27)22-15-19-10-6-7-11-21(19)26(22)24(28)18-8-4-3-5-9-18/h3-14,22H,15H2,1-2H3,(H,25,27). The molecule has 0 saturated carbocycles. The summed E-state index contributed by atoms with van der Waals surface area (Å²) in [5.74, 6) is -0.333. The molecule has 1 N–H and O–H groups in total. The Morgan fingerprint density at radius 1 is 0.929 bits per heavy atom. The van der Waals surface area contributed by atoms with Crippen LogP contribution in [0.25, 0.3) is 0 Å². The highest BCUT2D eigenvalue weighted by Crippen LogP contribution is 2.34. The van der Waals surface area contributed by atoms with Gasteiger partial charge in [-0.05, 0) is 54.8 Å². The molecule has 1 atom stereocenters. The number of aryl methyl sites for hydroxylation is 2. The van der Waals surface area contributed by atoms with Gasteiger partial charge in [-0.1, -0.05) is 48.5 Å². The number of carbonyl (C=O) groups is 2. The van der Waals surface area contributed by atoms with Crippen molar-refractivity contribution in [3.8, 4) is 0 Å². The van der Waals surface area contributed by atoms with Crippen molar-refractivity contribution in [3.63, 3.8) is 0 Å². The number of hydrogen-bond acceptors (Lipinski definition) is 2. The summed E-state index contributed by atoms with van der Waals surface area (Å²) in [5.41, 5.74) is 5.24. The van der Waals surface area contributed by atoms with E-state index in [1.807, 2.05) is 74.5 Å². The molecule has 1 heterocycles. The van der Waals surface area contributed by atoms with Gasteiger partial charge in [0.15, 0.2) is 0 Å². The van der Waals surface area contributed by atoms with Crippen molar-refractivity contribution in [2.24, 2.45) is 0 Å². The molecule has 4 heteroatoms. The molecule has 28 heavy (non-hydrogen) atoms. The predicted molar refractivity (Wildman–Crippen MR) is 112 cm³/mol. The number of rotatable bonds is 3. The molecular weight excluding hydrogens is 348 g/mol. The Morgan fingerprint density at radius 2 is 1.64 bits per heavy atom. The minimum Gasteiger partial charge on any atom is -0.324 e. The van der Waals surface area contributed by atoms with Crippen molar-refractivity contribution in [1.82, 2.24) is 0 Å². The summed E-state index contributed by atoms with van der Waals surface area (Å²) in [5, 5.41) is 3.03. The molecule has 0 spiro atoms. The molecule has 0 fully saturated rings. The summed E-state index contributed by atoms with van der Waals surface area (Å²) in [7, 11) is 0. The highest BCUT2D eigenvalue weighted by molar-refractivity contribution is 6.13. The molecule has 4 nitrogen and oxygen atoms in total. The SMILES string of the molecule is Cc1ccc(C)c(NC(=O)C2Cc3ccccc3N2C(=O)c2ccccc2)c1. The second-order valence-electron chi connectivity index (χ2n) is 7.20. The van der Waals surface area contributed by atoms with Crippen LogP contribution in [0.15, 0.2) is 72.8 Å². The first kappa shape index (κ1) is 18.0. The summed E-state index contributed by atoms with van der Waals surface area (Å²) in [6, 6.07) is 22.2. The van der Waals surface area contributed by atoms with E-state index < -0.39 is 6.04 Å². The number of nitrogens with zero attached hydrogens (tertiary/aromatic N) is 1.